The molecule has 0 radical (unpaired) electrons. The zero-order valence-electron chi connectivity index (χ0n) is 19.8. The molecule has 180 valence electrons. The average molecular weight is 549 g/mol. The molecule has 8 heteroatoms. The average Bonchev–Trinajstić information content (AvgIpc) is 3.27. The second kappa shape index (κ2) is 14.5. The maximum Gasteiger partial charge on any atom is 0.225 e. The van der Waals surface area contributed by atoms with Gasteiger partial charge in [-0.05, 0) is 45.2 Å². The van der Waals surface area contributed by atoms with Crippen LogP contribution < -0.4 is 10.6 Å². The molecule has 0 bridgehead atoms. The van der Waals surface area contributed by atoms with E-state index < -0.39 is 0 Å². The maximum atomic E-state index is 12.8. The lowest BCUT2D eigenvalue weighted by Gasteiger charge is -2.34. The van der Waals surface area contributed by atoms with Gasteiger partial charge < -0.3 is 25.3 Å². The molecule has 3 fully saturated rings. The van der Waals surface area contributed by atoms with Gasteiger partial charge in [0.2, 0.25) is 5.91 Å². The molecule has 1 atom stereocenters. The van der Waals surface area contributed by atoms with Gasteiger partial charge in [-0.3, -0.25) is 9.79 Å². The molecule has 0 aromatic heterocycles. The summed E-state index contributed by atoms with van der Waals surface area (Å²) in [6, 6.07) is 0.318. The van der Waals surface area contributed by atoms with E-state index in [4.69, 9.17) is 0 Å². The number of carbonyl (C=O) groups excluding carboxylic acids is 1. The number of rotatable bonds is 8. The predicted octanol–water partition coefficient (Wildman–Crippen LogP) is 2.37. The summed E-state index contributed by atoms with van der Waals surface area (Å²) >= 11 is 0. The Morgan fingerprint density at radius 3 is 2.35 bits per heavy atom. The Hall–Kier alpha value is -0.610. The molecule has 7 nitrogen and oxygen atoms in total. The van der Waals surface area contributed by atoms with E-state index in [0.29, 0.717) is 11.9 Å². The highest BCUT2D eigenvalue weighted by Gasteiger charge is 2.31. The summed E-state index contributed by atoms with van der Waals surface area (Å²) in [4.78, 5) is 24.4. The van der Waals surface area contributed by atoms with Crippen molar-refractivity contribution < 1.29 is 4.79 Å². The van der Waals surface area contributed by atoms with E-state index >= 15 is 0 Å². The number of likely N-dealkylation sites (N-methyl/N-ethyl adjacent to an activating group) is 1. The highest BCUT2D eigenvalue weighted by Crippen LogP contribution is 2.26. The summed E-state index contributed by atoms with van der Waals surface area (Å²) < 4.78 is 0. The summed E-state index contributed by atoms with van der Waals surface area (Å²) in [5.41, 5.74) is 0. The van der Waals surface area contributed by atoms with Gasteiger partial charge in [-0.25, -0.2) is 0 Å². The molecule has 1 saturated carbocycles. The van der Waals surface area contributed by atoms with Crippen LogP contribution >= 0.6 is 24.0 Å². The molecule has 1 aliphatic carbocycles. The normalized spacial score (nSPS) is 24.1. The van der Waals surface area contributed by atoms with Crippen molar-refractivity contribution in [1.82, 2.24) is 25.3 Å². The fourth-order valence-electron chi connectivity index (χ4n) is 5.07. The highest BCUT2D eigenvalue weighted by molar-refractivity contribution is 14.0. The zero-order valence-corrected chi connectivity index (χ0v) is 22.1. The molecule has 3 aliphatic rings. The minimum atomic E-state index is 0. The molecule has 1 unspecified atom stereocenters. The third kappa shape index (κ3) is 8.68. The van der Waals surface area contributed by atoms with Gasteiger partial charge in [0.1, 0.15) is 0 Å². The number of carbonyl (C=O) groups is 1. The van der Waals surface area contributed by atoms with Crippen molar-refractivity contribution in [3.8, 4) is 0 Å². The van der Waals surface area contributed by atoms with Crippen LogP contribution in [0, 0.1) is 5.92 Å². The minimum absolute atomic E-state index is 0. The van der Waals surface area contributed by atoms with Crippen LogP contribution in [0.2, 0.25) is 0 Å². The van der Waals surface area contributed by atoms with Crippen molar-refractivity contribution in [2.24, 2.45) is 10.9 Å². The first-order valence-electron chi connectivity index (χ1n) is 12.4. The number of likely N-dealkylation sites (tertiary alicyclic amines) is 1. The number of hydrogen-bond donors (Lipinski definition) is 2. The van der Waals surface area contributed by atoms with E-state index in [0.717, 1.165) is 51.3 Å². The Balaban J connectivity index is 0.00000341. The number of guanidine groups is 1. The maximum absolute atomic E-state index is 12.8. The molecule has 1 amide bonds. The first kappa shape index (κ1) is 26.6. The number of unbranched alkanes of at least 4 members (excludes halogenated alkanes) is 1. The summed E-state index contributed by atoms with van der Waals surface area (Å²) in [5.74, 6) is 1.55. The van der Waals surface area contributed by atoms with Crippen LogP contribution in [0.4, 0.5) is 0 Å². The van der Waals surface area contributed by atoms with Crippen molar-refractivity contribution in [3.05, 3.63) is 0 Å². The highest BCUT2D eigenvalue weighted by atomic mass is 127. The fraction of sp³-hybridized carbons (Fsp3) is 0.913. The van der Waals surface area contributed by atoms with Gasteiger partial charge in [0.15, 0.2) is 5.96 Å². The summed E-state index contributed by atoms with van der Waals surface area (Å²) in [6.45, 7) is 12.1. The quantitative estimate of drug-likeness (QED) is 0.211. The van der Waals surface area contributed by atoms with Crippen LogP contribution in [0.25, 0.3) is 0 Å². The van der Waals surface area contributed by atoms with E-state index in [2.05, 4.69) is 37.2 Å². The van der Waals surface area contributed by atoms with Crippen molar-refractivity contribution in [2.75, 3.05) is 66.0 Å². The predicted molar refractivity (Wildman–Crippen MR) is 139 cm³/mol. The first-order valence-corrected chi connectivity index (χ1v) is 12.4. The monoisotopic (exact) mass is 548 g/mol. The summed E-state index contributed by atoms with van der Waals surface area (Å²) in [7, 11) is 1.84. The standard InChI is InChI=1S/C23H44N6O.HI/c1-3-27-15-17-28(18-16-27)13-8-7-12-25-23(24-2)26-21-11-14-29(19-21)22(30)20-9-5-4-6-10-20;/h20-21H,3-19H2,1-2H3,(H2,24,25,26);1H. The minimum Gasteiger partial charge on any atom is -0.356 e. The Kier molecular flexibility index (Phi) is 12.5. The Labute approximate surface area is 206 Å². The topological polar surface area (TPSA) is 63.2 Å². The number of piperazine rings is 1. The number of nitrogens with zero attached hydrogens (tertiary/aromatic N) is 4. The van der Waals surface area contributed by atoms with Crippen LogP contribution in [-0.2, 0) is 4.79 Å². The molecule has 31 heavy (non-hydrogen) atoms. The van der Waals surface area contributed by atoms with Crippen LogP contribution in [0.5, 0.6) is 0 Å². The Morgan fingerprint density at radius 1 is 0.968 bits per heavy atom. The van der Waals surface area contributed by atoms with E-state index in [1.54, 1.807) is 0 Å². The van der Waals surface area contributed by atoms with Crippen molar-refractivity contribution >= 4 is 35.8 Å². The molecule has 0 spiro atoms. The van der Waals surface area contributed by atoms with Crippen molar-refractivity contribution in [3.63, 3.8) is 0 Å². The SMILES string of the molecule is CCN1CCN(CCCCNC(=NC)NC2CCN(C(=O)C3CCCCC3)C2)CC1.I. The lowest BCUT2D eigenvalue weighted by atomic mass is 9.88. The second-order valence-corrected chi connectivity index (χ2v) is 9.23. The summed E-state index contributed by atoms with van der Waals surface area (Å²) in [5, 5.41) is 7.00. The van der Waals surface area contributed by atoms with E-state index in [1.165, 1.54) is 65.0 Å². The van der Waals surface area contributed by atoms with Crippen molar-refractivity contribution in [2.45, 2.75) is 64.3 Å². The van der Waals surface area contributed by atoms with Gasteiger partial charge in [-0.1, -0.05) is 26.2 Å². The van der Waals surface area contributed by atoms with Crippen LogP contribution in [0.1, 0.15) is 58.3 Å². The molecular weight excluding hydrogens is 503 g/mol. The molecule has 3 rings (SSSR count). The smallest absolute Gasteiger partial charge is 0.225 e. The van der Waals surface area contributed by atoms with Crippen LogP contribution in [-0.4, -0.2) is 98.6 Å². The van der Waals surface area contributed by atoms with Gasteiger partial charge in [0, 0.05) is 64.8 Å². The lowest BCUT2D eigenvalue weighted by molar-refractivity contribution is -0.135. The van der Waals surface area contributed by atoms with E-state index in [9.17, 15) is 4.79 Å². The first-order chi connectivity index (χ1) is 14.7. The molecule has 2 aliphatic heterocycles. The van der Waals surface area contributed by atoms with Gasteiger partial charge >= 0.3 is 0 Å². The lowest BCUT2D eigenvalue weighted by Crippen LogP contribution is -2.46. The molecule has 2 heterocycles. The molecular formula is C23H45IN6O. The second-order valence-electron chi connectivity index (χ2n) is 9.23. The Bertz CT molecular complexity index is 546. The zero-order chi connectivity index (χ0) is 21.2. The molecule has 2 N–H and O–H groups in total. The fourth-order valence-corrected chi connectivity index (χ4v) is 5.07. The number of aliphatic imine (C=N–C) groups is 1. The van der Waals surface area contributed by atoms with Gasteiger partial charge in [0.25, 0.3) is 0 Å². The summed E-state index contributed by atoms with van der Waals surface area (Å²) in [6.07, 6.45) is 9.31. The van der Waals surface area contributed by atoms with E-state index in [-0.39, 0.29) is 29.9 Å². The number of amides is 1. The van der Waals surface area contributed by atoms with Gasteiger partial charge in [-0.2, -0.15) is 0 Å². The molecule has 0 aromatic rings. The number of nitrogens with one attached hydrogen (secondary N) is 2. The molecule has 2 saturated heterocycles. The van der Waals surface area contributed by atoms with Crippen molar-refractivity contribution in [1.29, 1.82) is 0 Å². The number of hydrogen-bond acceptors (Lipinski definition) is 4. The number of halogens is 1. The Morgan fingerprint density at radius 2 is 1.68 bits per heavy atom. The van der Waals surface area contributed by atoms with Crippen LogP contribution in [0.15, 0.2) is 4.99 Å². The third-order valence-corrected chi connectivity index (χ3v) is 7.12. The molecule has 0 aromatic carbocycles. The van der Waals surface area contributed by atoms with Crippen LogP contribution in [0.3, 0.4) is 0 Å². The van der Waals surface area contributed by atoms with Gasteiger partial charge in [-0.15, -0.1) is 24.0 Å². The largest absolute Gasteiger partial charge is 0.356 e. The van der Waals surface area contributed by atoms with Gasteiger partial charge in [0.05, 0.1) is 0 Å². The third-order valence-electron chi connectivity index (χ3n) is 7.12. The van der Waals surface area contributed by atoms with E-state index in [1.807, 2.05) is 7.05 Å².